The minimum absolute atomic E-state index is 0.455. The van der Waals surface area contributed by atoms with Crippen LogP contribution in [0.5, 0.6) is 0 Å². The van der Waals surface area contributed by atoms with Crippen LogP contribution in [0.25, 0.3) is 0 Å². The van der Waals surface area contributed by atoms with Gasteiger partial charge in [0, 0.05) is 38.1 Å². The van der Waals surface area contributed by atoms with E-state index in [0.29, 0.717) is 12.6 Å². The predicted octanol–water partition coefficient (Wildman–Crippen LogP) is 2.72. The standard InChI is InChI=1S/C20H27N5/c1-16-7-6-12-22-19(16)15-23-20(21-2)24-17-10-13-25(14-11-17)18-8-4-3-5-9-18/h3-9,12,17H,10-11,13-15H2,1-2H3,(H2,21,23,24). The van der Waals surface area contributed by atoms with E-state index in [1.807, 2.05) is 19.3 Å². The molecule has 2 heterocycles. The van der Waals surface area contributed by atoms with Gasteiger partial charge in [-0.25, -0.2) is 0 Å². The Morgan fingerprint density at radius 1 is 1.16 bits per heavy atom. The predicted molar refractivity (Wildman–Crippen MR) is 104 cm³/mol. The number of aromatic nitrogens is 1. The van der Waals surface area contributed by atoms with E-state index < -0.39 is 0 Å². The van der Waals surface area contributed by atoms with E-state index in [1.54, 1.807) is 0 Å². The highest BCUT2D eigenvalue weighted by Gasteiger charge is 2.20. The molecule has 3 rings (SSSR count). The van der Waals surface area contributed by atoms with E-state index in [-0.39, 0.29) is 0 Å². The molecule has 0 aliphatic carbocycles. The third kappa shape index (κ3) is 4.72. The Morgan fingerprint density at radius 3 is 2.60 bits per heavy atom. The summed E-state index contributed by atoms with van der Waals surface area (Å²) < 4.78 is 0. The van der Waals surface area contributed by atoms with Crippen LogP contribution in [-0.2, 0) is 6.54 Å². The molecule has 0 saturated carbocycles. The number of hydrogen-bond acceptors (Lipinski definition) is 3. The summed E-state index contributed by atoms with van der Waals surface area (Å²) in [5.41, 5.74) is 3.57. The zero-order chi connectivity index (χ0) is 17.5. The average molecular weight is 337 g/mol. The van der Waals surface area contributed by atoms with Gasteiger partial charge in [-0.15, -0.1) is 0 Å². The molecule has 0 atom stereocenters. The van der Waals surface area contributed by atoms with Crippen molar-refractivity contribution in [2.24, 2.45) is 4.99 Å². The van der Waals surface area contributed by atoms with Crippen LogP contribution in [0.3, 0.4) is 0 Å². The number of guanidine groups is 1. The van der Waals surface area contributed by atoms with E-state index in [4.69, 9.17) is 0 Å². The quantitative estimate of drug-likeness (QED) is 0.665. The Labute approximate surface area is 150 Å². The number of benzene rings is 1. The van der Waals surface area contributed by atoms with Gasteiger partial charge < -0.3 is 15.5 Å². The largest absolute Gasteiger partial charge is 0.371 e. The molecule has 0 unspecified atom stereocenters. The van der Waals surface area contributed by atoms with Crippen molar-refractivity contribution < 1.29 is 0 Å². The molecule has 0 bridgehead atoms. The first kappa shape index (κ1) is 17.3. The van der Waals surface area contributed by atoms with Crippen LogP contribution in [0.1, 0.15) is 24.1 Å². The Balaban J connectivity index is 1.48. The lowest BCUT2D eigenvalue weighted by Gasteiger charge is -2.34. The van der Waals surface area contributed by atoms with E-state index in [0.717, 1.165) is 37.6 Å². The van der Waals surface area contributed by atoms with Crippen LogP contribution in [0.15, 0.2) is 53.7 Å². The summed E-state index contributed by atoms with van der Waals surface area (Å²) in [5, 5.41) is 6.93. The summed E-state index contributed by atoms with van der Waals surface area (Å²) in [6.45, 7) is 4.91. The van der Waals surface area contributed by atoms with Crippen LogP contribution in [-0.4, -0.2) is 37.1 Å². The maximum atomic E-state index is 4.42. The van der Waals surface area contributed by atoms with Gasteiger partial charge in [-0.05, 0) is 43.5 Å². The highest BCUT2D eigenvalue weighted by Crippen LogP contribution is 2.19. The number of hydrogen-bond donors (Lipinski definition) is 2. The first-order valence-corrected chi connectivity index (χ1v) is 8.94. The zero-order valence-corrected chi connectivity index (χ0v) is 15.1. The molecule has 1 aliphatic heterocycles. The molecular weight excluding hydrogens is 310 g/mol. The van der Waals surface area contributed by atoms with Gasteiger partial charge in [-0.2, -0.15) is 0 Å². The molecule has 1 aromatic heterocycles. The van der Waals surface area contributed by atoms with Crippen LogP contribution < -0.4 is 15.5 Å². The van der Waals surface area contributed by atoms with Gasteiger partial charge in [0.15, 0.2) is 5.96 Å². The highest BCUT2D eigenvalue weighted by molar-refractivity contribution is 5.80. The monoisotopic (exact) mass is 337 g/mol. The fraction of sp³-hybridized carbons (Fsp3) is 0.400. The van der Waals surface area contributed by atoms with E-state index >= 15 is 0 Å². The normalized spacial score (nSPS) is 15.9. The van der Waals surface area contributed by atoms with E-state index in [1.165, 1.54) is 11.3 Å². The maximum Gasteiger partial charge on any atom is 0.191 e. The molecule has 0 spiro atoms. The van der Waals surface area contributed by atoms with Crippen LogP contribution in [0.2, 0.25) is 0 Å². The second kappa shape index (κ2) is 8.51. The van der Waals surface area contributed by atoms with Gasteiger partial charge >= 0.3 is 0 Å². The third-order valence-electron chi connectivity index (χ3n) is 4.72. The topological polar surface area (TPSA) is 52.6 Å². The van der Waals surface area contributed by atoms with Crippen molar-refractivity contribution in [3.63, 3.8) is 0 Å². The second-order valence-corrected chi connectivity index (χ2v) is 6.43. The summed E-state index contributed by atoms with van der Waals surface area (Å²) in [5.74, 6) is 0.850. The first-order chi connectivity index (χ1) is 12.3. The first-order valence-electron chi connectivity index (χ1n) is 8.94. The van der Waals surface area contributed by atoms with Crippen molar-refractivity contribution in [2.75, 3.05) is 25.0 Å². The maximum absolute atomic E-state index is 4.42. The van der Waals surface area contributed by atoms with E-state index in [9.17, 15) is 0 Å². The van der Waals surface area contributed by atoms with Gasteiger partial charge in [-0.1, -0.05) is 24.3 Å². The van der Waals surface area contributed by atoms with Gasteiger partial charge in [-0.3, -0.25) is 9.98 Å². The molecular formula is C20H27N5. The van der Waals surface area contributed by atoms with Crippen LogP contribution >= 0.6 is 0 Å². The van der Waals surface area contributed by atoms with Gasteiger partial charge in [0.1, 0.15) is 0 Å². The summed E-state index contributed by atoms with van der Waals surface area (Å²) in [4.78, 5) is 11.2. The summed E-state index contributed by atoms with van der Waals surface area (Å²) in [6.07, 6.45) is 4.05. The number of para-hydroxylation sites is 1. The molecule has 0 radical (unpaired) electrons. The lowest BCUT2D eigenvalue weighted by molar-refractivity contribution is 0.461. The second-order valence-electron chi connectivity index (χ2n) is 6.43. The van der Waals surface area contributed by atoms with Crippen molar-refractivity contribution in [1.82, 2.24) is 15.6 Å². The minimum Gasteiger partial charge on any atom is -0.371 e. The fourth-order valence-corrected chi connectivity index (χ4v) is 3.18. The van der Waals surface area contributed by atoms with Gasteiger partial charge in [0.25, 0.3) is 0 Å². The molecule has 1 aliphatic rings. The molecule has 2 N–H and O–H groups in total. The number of aryl methyl sites for hydroxylation is 1. The van der Waals surface area contributed by atoms with E-state index in [2.05, 4.69) is 68.8 Å². The molecule has 5 heteroatoms. The molecule has 2 aromatic rings. The molecule has 25 heavy (non-hydrogen) atoms. The number of pyridine rings is 1. The van der Waals surface area contributed by atoms with Crippen LogP contribution in [0, 0.1) is 6.92 Å². The molecule has 0 amide bonds. The Bertz CT molecular complexity index is 690. The molecule has 1 aromatic carbocycles. The number of anilines is 1. The van der Waals surface area contributed by atoms with Crippen molar-refractivity contribution in [2.45, 2.75) is 32.4 Å². The molecule has 5 nitrogen and oxygen atoms in total. The van der Waals surface area contributed by atoms with Crippen molar-refractivity contribution in [1.29, 1.82) is 0 Å². The third-order valence-corrected chi connectivity index (χ3v) is 4.72. The highest BCUT2D eigenvalue weighted by atomic mass is 15.2. The summed E-state index contributed by atoms with van der Waals surface area (Å²) >= 11 is 0. The van der Waals surface area contributed by atoms with Crippen molar-refractivity contribution >= 4 is 11.6 Å². The number of aliphatic imine (C=N–C) groups is 1. The van der Waals surface area contributed by atoms with Crippen molar-refractivity contribution in [3.05, 3.63) is 59.9 Å². The summed E-state index contributed by atoms with van der Waals surface area (Å²) in [7, 11) is 1.82. The van der Waals surface area contributed by atoms with Gasteiger partial charge in [0.2, 0.25) is 0 Å². The average Bonchev–Trinajstić information content (AvgIpc) is 2.67. The molecule has 132 valence electrons. The number of nitrogens with one attached hydrogen (secondary N) is 2. The number of rotatable bonds is 4. The molecule has 1 fully saturated rings. The number of piperidine rings is 1. The minimum atomic E-state index is 0.455. The lowest BCUT2D eigenvalue weighted by Crippen LogP contribution is -2.48. The van der Waals surface area contributed by atoms with Crippen molar-refractivity contribution in [3.8, 4) is 0 Å². The zero-order valence-electron chi connectivity index (χ0n) is 15.1. The van der Waals surface area contributed by atoms with Crippen LogP contribution in [0.4, 0.5) is 5.69 Å². The van der Waals surface area contributed by atoms with Gasteiger partial charge in [0.05, 0.1) is 12.2 Å². The smallest absolute Gasteiger partial charge is 0.191 e. The fourth-order valence-electron chi connectivity index (χ4n) is 3.18. The SMILES string of the molecule is CN=C(NCc1ncccc1C)NC1CCN(c2ccccc2)CC1. The Morgan fingerprint density at radius 2 is 1.92 bits per heavy atom. The lowest BCUT2D eigenvalue weighted by atomic mass is 10.0. The number of nitrogens with zero attached hydrogens (tertiary/aromatic N) is 3. The Hall–Kier alpha value is -2.56. The Kier molecular flexibility index (Phi) is 5.88. The summed E-state index contributed by atoms with van der Waals surface area (Å²) in [6, 6.07) is 15.1. The molecule has 1 saturated heterocycles.